The highest BCUT2D eigenvalue weighted by Gasteiger charge is 2.20. The molecule has 8 nitrogen and oxygen atoms in total. The number of carbonyl (C=O) groups is 3. The fourth-order valence-corrected chi connectivity index (χ4v) is 3.06. The molecule has 0 aliphatic rings. The first-order valence-electron chi connectivity index (χ1n) is 10.5. The Balaban J connectivity index is 1.56. The van der Waals surface area contributed by atoms with Crippen molar-refractivity contribution in [1.29, 1.82) is 0 Å². The van der Waals surface area contributed by atoms with Crippen LogP contribution in [0.15, 0.2) is 71.3 Å². The van der Waals surface area contributed by atoms with Crippen molar-refractivity contribution in [3.8, 4) is 0 Å². The summed E-state index contributed by atoms with van der Waals surface area (Å²) in [7, 11) is 0. The van der Waals surface area contributed by atoms with Crippen molar-refractivity contribution in [1.82, 2.24) is 10.6 Å². The van der Waals surface area contributed by atoms with Crippen LogP contribution in [0, 0.1) is 5.82 Å². The number of furan rings is 1. The zero-order valence-corrected chi connectivity index (χ0v) is 18.1. The molecule has 0 spiro atoms. The number of amides is 4. The minimum absolute atomic E-state index is 0.170. The van der Waals surface area contributed by atoms with Crippen molar-refractivity contribution in [3.05, 3.63) is 84.1 Å². The molecule has 172 valence electrons. The Morgan fingerprint density at radius 2 is 1.70 bits per heavy atom. The standard InChI is InChI=1S/C24H25FN4O4/c1-2-5-20(29-24(32)26-15-16-9-11-17(25)12-10-16)22(30)27-18-6-3-7-19(14-18)28-23(31)21-8-4-13-33-21/h3-4,6-14,20H,2,5,15H2,1H3,(H,27,30)(H,28,31)(H2,26,29,32). The van der Waals surface area contributed by atoms with E-state index >= 15 is 0 Å². The van der Waals surface area contributed by atoms with Crippen LogP contribution in [0.3, 0.4) is 0 Å². The smallest absolute Gasteiger partial charge is 0.315 e. The fraction of sp³-hybridized carbons (Fsp3) is 0.208. The summed E-state index contributed by atoms with van der Waals surface area (Å²) in [6.45, 7) is 2.10. The molecule has 0 aliphatic carbocycles. The molecule has 1 aromatic heterocycles. The van der Waals surface area contributed by atoms with E-state index in [1.807, 2.05) is 6.92 Å². The second kappa shape index (κ2) is 11.5. The molecule has 1 atom stereocenters. The highest BCUT2D eigenvalue weighted by Crippen LogP contribution is 2.17. The van der Waals surface area contributed by atoms with Gasteiger partial charge in [-0.25, -0.2) is 9.18 Å². The third-order valence-corrected chi connectivity index (χ3v) is 4.70. The molecule has 0 aliphatic heterocycles. The zero-order valence-electron chi connectivity index (χ0n) is 18.1. The second-order valence-corrected chi connectivity index (χ2v) is 7.30. The van der Waals surface area contributed by atoms with Gasteiger partial charge in [0.2, 0.25) is 5.91 Å². The van der Waals surface area contributed by atoms with E-state index in [1.54, 1.807) is 48.5 Å². The summed E-state index contributed by atoms with van der Waals surface area (Å²) >= 11 is 0. The number of benzene rings is 2. The average molecular weight is 452 g/mol. The lowest BCUT2D eigenvalue weighted by Crippen LogP contribution is -2.47. The van der Waals surface area contributed by atoms with Crippen LogP contribution in [-0.4, -0.2) is 23.9 Å². The number of rotatable bonds is 9. The van der Waals surface area contributed by atoms with E-state index in [-0.39, 0.29) is 24.0 Å². The Labute approximate surface area is 190 Å². The molecule has 9 heteroatoms. The van der Waals surface area contributed by atoms with Crippen LogP contribution in [0.1, 0.15) is 35.9 Å². The molecule has 1 unspecified atom stereocenters. The number of hydrogen-bond donors (Lipinski definition) is 4. The minimum Gasteiger partial charge on any atom is -0.459 e. The van der Waals surface area contributed by atoms with E-state index in [2.05, 4.69) is 21.3 Å². The highest BCUT2D eigenvalue weighted by atomic mass is 19.1. The number of nitrogens with one attached hydrogen (secondary N) is 4. The first-order chi connectivity index (χ1) is 15.9. The van der Waals surface area contributed by atoms with E-state index in [4.69, 9.17) is 4.42 Å². The molecular formula is C24H25FN4O4. The van der Waals surface area contributed by atoms with Gasteiger partial charge in [0.25, 0.3) is 5.91 Å². The van der Waals surface area contributed by atoms with E-state index in [0.717, 1.165) is 5.56 Å². The summed E-state index contributed by atoms with van der Waals surface area (Å²) in [4.78, 5) is 37.2. The van der Waals surface area contributed by atoms with Crippen LogP contribution in [0.25, 0.3) is 0 Å². The molecule has 4 N–H and O–H groups in total. The van der Waals surface area contributed by atoms with Crippen molar-refractivity contribution < 1.29 is 23.2 Å². The lowest BCUT2D eigenvalue weighted by atomic mass is 10.1. The van der Waals surface area contributed by atoms with Gasteiger partial charge in [-0.15, -0.1) is 0 Å². The zero-order chi connectivity index (χ0) is 23.6. The van der Waals surface area contributed by atoms with Crippen LogP contribution in [-0.2, 0) is 11.3 Å². The Morgan fingerprint density at radius 1 is 0.970 bits per heavy atom. The summed E-state index contributed by atoms with van der Waals surface area (Å²) in [6.07, 6.45) is 2.52. The normalized spacial score (nSPS) is 11.3. The monoisotopic (exact) mass is 452 g/mol. The first-order valence-corrected chi connectivity index (χ1v) is 10.5. The molecule has 0 bridgehead atoms. The van der Waals surface area contributed by atoms with Crippen molar-refractivity contribution in [2.45, 2.75) is 32.4 Å². The molecule has 0 saturated heterocycles. The molecule has 2 aromatic carbocycles. The number of urea groups is 1. The van der Waals surface area contributed by atoms with Gasteiger partial charge in [0.15, 0.2) is 5.76 Å². The van der Waals surface area contributed by atoms with Gasteiger partial charge in [-0.3, -0.25) is 9.59 Å². The summed E-state index contributed by atoms with van der Waals surface area (Å²) < 4.78 is 18.1. The van der Waals surface area contributed by atoms with Gasteiger partial charge in [0.05, 0.1) is 6.26 Å². The van der Waals surface area contributed by atoms with Gasteiger partial charge in [-0.2, -0.15) is 0 Å². The Kier molecular flexibility index (Phi) is 8.18. The Morgan fingerprint density at radius 3 is 2.36 bits per heavy atom. The van der Waals surface area contributed by atoms with Gasteiger partial charge in [0, 0.05) is 17.9 Å². The molecule has 33 heavy (non-hydrogen) atoms. The number of halogens is 1. The highest BCUT2D eigenvalue weighted by molar-refractivity contribution is 6.03. The quantitative estimate of drug-likeness (QED) is 0.388. The van der Waals surface area contributed by atoms with Gasteiger partial charge in [-0.05, 0) is 54.4 Å². The molecule has 1 heterocycles. The van der Waals surface area contributed by atoms with Crippen molar-refractivity contribution in [2.24, 2.45) is 0 Å². The van der Waals surface area contributed by atoms with Gasteiger partial charge in [0.1, 0.15) is 11.9 Å². The summed E-state index contributed by atoms with van der Waals surface area (Å²) in [5.74, 6) is -0.981. The summed E-state index contributed by atoms with van der Waals surface area (Å²) in [5.41, 5.74) is 1.68. The van der Waals surface area contributed by atoms with E-state index in [1.165, 1.54) is 18.4 Å². The molecule has 0 saturated carbocycles. The van der Waals surface area contributed by atoms with Gasteiger partial charge < -0.3 is 25.7 Å². The maximum absolute atomic E-state index is 13.0. The third-order valence-electron chi connectivity index (χ3n) is 4.70. The lowest BCUT2D eigenvalue weighted by Gasteiger charge is -2.18. The molecular weight excluding hydrogens is 427 g/mol. The molecule has 0 radical (unpaired) electrons. The largest absolute Gasteiger partial charge is 0.459 e. The minimum atomic E-state index is -0.760. The van der Waals surface area contributed by atoms with E-state index < -0.39 is 18.0 Å². The van der Waals surface area contributed by atoms with Crippen molar-refractivity contribution >= 4 is 29.2 Å². The topological polar surface area (TPSA) is 112 Å². The Bertz CT molecular complexity index is 1080. The van der Waals surface area contributed by atoms with Crippen LogP contribution < -0.4 is 21.3 Å². The number of anilines is 2. The van der Waals surface area contributed by atoms with Crippen LogP contribution >= 0.6 is 0 Å². The van der Waals surface area contributed by atoms with Crippen molar-refractivity contribution in [2.75, 3.05) is 10.6 Å². The third kappa shape index (κ3) is 7.20. The lowest BCUT2D eigenvalue weighted by molar-refractivity contribution is -0.118. The second-order valence-electron chi connectivity index (χ2n) is 7.30. The van der Waals surface area contributed by atoms with E-state index in [0.29, 0.717) is 24.2 Å². The van der Waals surface area contributed by atoms with E-state index in [9.17, 15) is 18.8 Å². The van der Waals surface area contributed by atoms with Crippen LogP contribution in [0.5, 0.6) is 0 Å². The van der Waals surface area contributed by atoms with Gasteiger partial charge >= 0.3 is 6.03 Å². The van der Waals surface area contributed by atoms with Crippen molar-refractivity contribution in [3.63, 3.8) is 0 Å². The summed E-state index contributed by atoms with van der Waals surface area (Å²) in [6, 6.07) is 14.3. The predicted octanol–water partition coefficient (Wildman–Crippen LogP) is 4.28. The first kappa shape index (κ1) is 23.5. The summed E-state index contributed by atoms with van der Waals surface area (Å²) in [5, 5.41) is 10.8. The maximum atomic E-state index is 13.0. The molecule has 3 rings (SSSR count). The van der Waals surface area contributed by atoms with Gasteiger partial charge in [-0.1, -0.05) is 31.5 Å². The number of carbonyl (C=O) groups excluding carboxylic acids is 3. The average Bonchev–Trinajstić information content (AvgIpc) is 3.34. The number of hydrogen-bond acceptors (Lipinski definition) is 4. The molecule has 3 aromatic rings. The SMILES string of the molecule is CCCC(NC(=O)NCc1ccc(F)cc1)C(=O)Nc1cccc(NC(=O)c2ccco2)c1. The fourth-order valence-electron chi connectivity index (χ4n) is 3.06. The van der Waals surface area contributed by atoms with Crippen LogP contribution in [0.4, 0.5) is 20.6 Å². The maximum Gasteiger partial charge on any atom is 0.315 e. The van der Waals surface area contributed by atoms with Crippen LogP contribution in [0.2, 0.25) is 0 Å². The molecule has 0 fully saturated rings. The Hall–Kier alpha value is -4.14. The molecule has 4 amide bonds. The predicted molar refractivity (Wildman–Crippen MR) is 122 cm³/mol.